The van der Waals surface area contributed by atoms with Crippen LogP contribution in [-0.2, 0) is 9.84 Å². The van der Waals surface area contributed by atoms with Crippen LogP contribution in [0.2, 0.25) is 5.02 Å². The van der Waals surface area contributed by atoms with Crippen molar-refractivity contribution in [3.63, 3.8) is 0 Å². The molecule has 0 amide bonds. The number of carboxylic acid groups (broad SMARTS) is 1. The maximum Gasteiger partial charge on any atom is 0.337 e. The van der Waals surface area contributed by atoms with E-state index in [9.17, 15) is 13.2 Å². The molecule has 0 fully saturated rings. The third kappa shape index (κ3) is 4.93. The molecule has 0 heterocycles. The van der Waals surface area contributed by atoms with E-state index >= 15 is 0 Å². The van der Waals surface area contributed by atoms with Crippen LogP contribution in [0.4, 0.5) is 5.69 Å². The summed E-state index contributed by atoms with van der Waals surface area (Å²) in [7, 11) is -2.99. The highest BCUT2D eigenvalue weighted by Crippen LogP contribution is 2.20. The molecule has 1 rings (SSSR count). The molecule has 5 nitrogen and oxygen atoms in total. The van der Waals surface area contributed by atoms with E-state index in [0.29, 0.717) is 23.7 Å². The molecule has 0 saturated carbocycles. The number of anilines is 1. The van der Waals surface area contributed by atoms with Crippen molar-refractivity contribution in [2.24, 2.45) is 0 Å². The van der Waals surface area contributed by atoms with E-state index in [-0.39, 0.29) is 11.3 Å². The summed E-state index contributed by atoms with van der Waals surface area (Å²) in [5, 5.41) is 12.2. The topological polar surface area (TPSA) is 83.5 Å². The number of carbonyl (C=O) groups is 1. The summed E-state index contributed by atoms with van der Waals surface area (Å²) in [4.78, 5) is 11.0. The van der Waals surface area contributed by atoms with Gasteiger partial charge < -0.3 is 10.4 Å². The molecule has 0 radical (unpaired) electrons. The SMILES string of the molecule is CS(=O)(=O)CCCNc1ccc(Cl)cc1C(=O)O. The summed E-state index contributed by atoms with van der Waals surface area (Å²) < 4.78 is 21.8. The average molecular weight is 292 g/mol. The number of hydrogen-bond acceptors (Lipinski definition) is 4. The van der Waals surface area contributed by atoms with Gasteiger partial charge in [0.1, 0.15) is 9.84 Å². The van der Waals surface area contributed by atoms with E-state index in [0.717, 1.165) is 6.26 Å². The van der Waals surface area contributed by atoms with Crippen molar-refractivity contribution < 1.29 is 18.3 Å². The van der Waals surface area contributed by atoms with E-state index < -0.39 is 15.8 Å². The Morgan fingerprint density at radius 2 is 2.11 bits per heavy atom. The van der Waals surface area contributed by atoms with Crippen LogP contribution in [-0.4, -0.2) is 38.0 Å². The third-order valence-corrected chi connectivity index (χ3v) is 3.48. The van der Waals surface area contributed by atoms with Gasteiger partial charge >= 0.3 is 5.97 Å². The van der Waals surface area contributed by atoms with Crippen LogP contribution >= 0.6 is 11.6 Å². The fourth-order valence-electron chi connectivity index (χ4n) is 1.40. The molecule has 7 heteroatoms. The second-order valence-corrected chi connectivity index (χ2v) is 6.60. The maximum atomic E-state index is 11.0. The highest BCUT2D eigenvalue weighted by molar-refractivity contribution is 7.90. The number of hydrogen-bond donors (Lipinski definition) is 2. The molecular formula is C11H14ClNO4S. The lowest BCUT2D eigenvalue weighted by atomic mass is 10.2. The van der Waals surface area contributed by atoms with Crippen molar-refractivity contribution in [3.05, 3.63) is 28.8 Å². The van der Waals surface area contributed by atoms with Crippen LogP contribution in [0.1, 0.15) is 16.8 Å². The molecule has 0 unspecified atom stereocenters. The largest absolute Gasteiger partial charge is 0.478 e. The summed E-state index contributed by atoms with van der Waals surface area (Å²) in [6.07, 6.45) is 1.58. The molecule has 0 aliphatic carbocycles. The molecule has 0 spiro atoms. The Kier molecular flexibility index (Phi) is 4.98. The van der Waals surface area contributed by atoms with E-state index in [1.807, 2.05) is 0 Å². The minimum absolute atomic E-state index is 0.0655. The number of nitrogens with one attached hydrogen (secondary N) is 1. The molecule has 1 aromatic rings. The molecule has 0 aromatic heterocycles. The van der Waals surface area contributed by atoms with Gasteiger partial charge in [-0.2, -0.15) is 0 Å². The van der Waals surface area contributed by atoms with Gasteiger partial charge in [-0.15, -0.1) is 0 Å². The van der Waals surface area contributed by atoms with E-state index in [2.05, 4.69) is 5.32 Å². The maximum absolute atomic E-state index is 11.0. The highest BCUT2D eigenvalue weighted by Gasteiger charge is 2.10. The van der Waals surface area contributed by atoms with Gasteiger partial charge in [-0.1, -0.05) is 11.6 Å². The Balaban J connectivity index is 2.65. The zero-order valence-electron chi connectivity index (χ0n) is 9.81. The number of rotatable bonds is 6. The first kappa shape index (κ1) is 14.8. The molecule has 2 N–H and O–H groups in total. The van der Waals surface area contributed by atoms with E-state index in [1.165, 1.54) is 6.07 Å². The number of aromatic carboxylic acids is 1. The second kappa shape index (κ2) is 6.06. The predicted molar refractivity (Wildman–Crippen MR) is 71.2 cm³/mol. The van der Waals surface area contributed by atoms with Gasteiger partial charge in [0.15, 0.2) is 0 Å². The first-order valence-electron chi connectivity index (χ1n) is 5.24. The Morgan fingerprint density at radius 3 is 2.67 bits per heavy atom. The number of carboxylic acids is 1. The van der Waals surface area contributed by atoms with Gasteiger partial charge in [0.2, 0.25) is 0 Å². The lowest BCUT2D eigenvalue weighted by molar-refractivity contribution is 0.0698. The van der Waals surface area contributed by atoms with Crippen molar-refractivity contribution in [1.82, 2.24) is 0 Å². The minimum Gasteiger partial charge on any atom is -0.478 e. The molecule has 0 bridgehead atoms. The number of halogens is 1. The normalized spacial score (nSPS) is 11.2. The van der Waals surface area contributed by atoms with Crippen molar-refractivity contribution >= 4 is 33.1 Å². The smallest absolute Gasteiger partial charge is 0.337 e. The molecule has 1 aromatic carbocycles. The van der Waals surface area contributed by atoms with Crippen LogP contribution in [0.5, 0.6) is 0 Å². The Hall–Kier alpha value is -1.27. The molecule has 0 aliphatic heterocycles. The summed E-state index contributed by atoms with van der Waals surface area (Å²) in [5.41, 5.74) is 0.502. The van der Waals surface area contributed by atoms with Crippen molar-refractivity contribution in [3.8, 4) is 0 Å². The van der Waals surface area contributed by atoms with Gasteiger partial charge in [-0.25, -0.2) is 13.2 Å². The quantitative estimate of drug-likeness (QED) is 0.782. The molecule has 0 saturated heterocycles. The second-order valence-electron chi connectivity index (χ2n) is 3.91. The summed E-state index contributed by atoms with van der Waals surface area (Å²) >= 11 is 5.71. The first-order chi connectivity index (χ1) is 8.29. The van der Waals surface area contributed by atoms with Gasteiger partial charge in [-0.3, -0.25) is 0 Å². The van der Waals surface area contributed by atoms with Crippen molar-refractivity contribution in [2.75, 3.05) is 23.9 Å². The fourth-order valence-corrected chi connectivity index (χ4v) is 2.25. The Labute approximate surface area is 111 Å². The number of benzene rings is 1. The van der Waals surface area contributed by atoms with Crippen LogP contribution in [0.25, 0.3) is 0 Å². The van der Waals surface area contributed by atoms with Gasteiger partial charge in [0.05, 0.1) is 11.3 Å². The van der Waals surface area contributed by atoms with Crippen LogP contribution in [0, 0.1) is 0 Å². The molecule has 0 aliphatic rings. The third-order valence-electron chi connectivity index (χ3n) is 2.22. The van der Waals surface area contributed by atoms with Gasteiger partial charge in [0, 0.05) is 23.5 Å². The summed E-state index contributed by atoms with van der Waals surface area (Å²) in [5.74, 6) is -1.01. The van der Waals surface area contributed by atoms with Gasteiger partial charge in [0.25, 0.3) is 0 Å². The zero-order valence-corrected chi connectivity index (χ0v) is 11.4. The minimum atomic E-state index is -2.99. The molecular weight excluding hydrogens is 278 g/mol. The Morgan fingerprint density at radius 1 is 1.44 bits per heavy atom. The average Bonchev–Trinajstić information content (AvgIpc) is 2.24. The molecule has 0 atom stereocenters. The zero-order chi connectivity index (χ0) is 13.8. The lowest BCUT2D eigenvalue weighted by Crippen LogP contribution is -2.12. The first-order valence-corrected chi connectivity index (χ1v) is 7.68. The molecule has 100 valence electrons. The predicted octanol–water partition coefficient (Wildman–Crippen LogP) is 1.88. The number of sulfone groups is 1. The summed E-state index contributed by atoms with van der Waals surface area (Å²) in [6.45, 7) is 0.384. The highest BCUT2D eigenvalue weighted by atomic mass is 35.5. The van der Waals surface area contributed by atoms with Crippen LogP contribution < -0.4 is 5.32 Å². The standard InChI is InChI=1S/C11H14ClNO4S/c1-18(16,17)6-2-5-13-10-4-3-8(12)7-9(10)11(14)15/h3-4,7,13H,2,5-6H2,1H3,(H,14,15). The Bertz CT molecular complexity index is 542. The van der Waals surface area contributed by atoms with Crippen LogP contribution in [0.15, 0.2) is 18.2 Å². The van der Waals surface area contributed by atoms with E-state index in [1.54, 1.807) is 12.1 Å². The van der Waals surface area contributed by atoms with Crippen molar-refractivity contribution in [1.29, 1.82) is 0 Å². The van der Waals surface area contributed by atoms with Crippen LogP contribution in [0.3, 0.4) is 0 Å². The van der Waals surface area contributed by atoms with Crippen molar-refractivity contribution in [2.45, 2.75) is 6.42 Å². The summed E-state index contributed by atoms with van der Waals surface area (Å²) in [6, 6.07) is 4.49. The van der Waals surface area contributed by atoms with E-state index in [4.69, 9.17) is 16.7 Å². The lowest BCUT2D eigenvalue weighted by Gasteiger charge is -2.09. The fraction of sp³-hybridized carbons (Fsp3) is 0.364. The van der Waals surface area contributed by atoms with Gasteiger partial charge in [-0.05, 0) is 24.6 Å². The molecule has 18 heavy (non-hydrogen) atoms. The monoisotopic (exact) mass is 291 g/mol.